The summed E-state index contributed by atoms with van der Waals surface area (Å²) in [6, 6.07) is 15.6. The van der Waals surface area contributed by atoms with Crippen molar-refractivity contribution in [3.8, 4) is 0 Å². The van der Waals surface area contributed by atoms with E-state index in [1.807, 2.05) is 24.3 Å². The topological polar surface area (TPSA) is 108 Å². The number of nitrogens with zero attached hydrogens (tertiary/aromatic N) is 4. The molecule has 200 valence electrons. The molecule has 1 heterocycles. The van der Waals surface area contributed by atoms with Crippen molar-refractivity contribution in [1.29, 1.82) is 0 Å². The van der Waals surface area contributed by atoms with Gasteiger partial charge in [0.25, 0.3) is 17.5 Å². The molecular formula is C27H22Cl3N5O4. The molecule has 0 bridgehead atoms. The number of hydrazone groups is 1. The van der Waals surface area contributed by atoms with Crippen LogP contribution in [0.4, 0.5) is 17.1 Å². The minimum atomic E-state index is -0.691. The number of amides is 2. The second-order valence-corrected chi connectivity index (χ2v) is 9.62. The summed E-state index contributed by atoms with van der Waals surface area (Å²) in [6.07, 6.45) is 1.58. The normalized spacial score (nSPS) is 14.0. The summed E-state index contributed by atoms with van der Waals surface area (Å²) >= 11 is 18.7. The minimum Gasteiger partial charge on any atom is -0.372 e. The van der Waals surface area contributed by atoms with Crippen LogP contribution in [0.25, 0.3) is 6.08 Å². The van der Waals surface area contributed by atoms with Gasteiger partial charge < -0.3 is 10.2 Å². The Kier molecular flexibility index (Phi) is 8.54. The highest BCUT2D eigenvalue weighted by atomic mass is 35.5. The number of nitro benzene ring substituents is 1. The summed E-state index contributed by atoms with van der Waals surface area (Å²) in [5, 5.41) is 19.5. The summed E-state index contributed by atoms with van der Waals surface area (Å²) < 4.78 is 0. The first-order valence-corrected chi connectivity index (χ1v) is 13.0. The molecular weight excluding hydrogens is 565 g/mol. The molecule has 1 aliphatic rings. The fourth-order valence-electron chi connectivity index (χ4n) is 4.00. The molecule has 0 radical (unpaired) electrons. The molecule has 9 nitrogen and oxygen atoms in total. The average molecular weight is 587 g/mol. The van der Waals surface area contributed by atoms with Crippen LogP contribution in [0.5, 0.6) is 0 Å². The van der Waals surface area contributed by atoms with E-state index < -0.39 is 16.7 Å². The highest BCUT2D eigenvalue weighted by Crippen LogP contribution is 2.39. The van der Waals surface area contributed by atoms with Gasteiger partial charge in [0, 0.05) is 41.5 Å². The SMILES string of the molecule is CCN(CC)c1ccc(C=C2C(=O)N(c3c(Cl)cc(Cl)cc3Cl)N=C2NC(=O)c2cccc([N+](=O)[O-])c2)cc1. The van der Waals surface area contributed by atoms with Gasteiger partial charge in [-0.3, -0.25) is 19.7 Å². The third kappa shape index (κ3) is 6.06. The zero-order valence-electron chi connectivity index (χ0n) is 20.8. The molecule has 2 amide bonds. The van der Waals surface area contributed by atoms with E-state index >= 15 is 0 Å². The van der Waals surface area contributed by atoms with Crippen molar-refractivity contribution < 1.29 is 14.5 Å². The predicted octanol–water partition coefficient (Wildman–Crippen LogP) is 6.57. The van der Waals surface area contributed by atoms with Crippen molar-refractivity contribution in [2.45, 2.75) is 13.8 Å². The van der Waals surface area contributed by atoms with E-state index in [4.69, 9.17) is 34.8 Å². The largest absolute Gasteiger partial charge is 0.372 e. The molecule has 3 aromatic rings. The van der Waals surface area contributed by atoms with Crippen LogP contribution < -0.4 is 15.2 Å². The molecule has 0 aliphatic carbocycles. The van der Waals surface area contributed by atoms with Crippen LogP contribution in [0.2, 0.25) is 15.1 Å². The Morgan fingerprint density at radius 3 is 2.28 bits per heavy atom. The third-order valence-corrected chi connectivity index (χ3v) is 6.75. The zero-order chi connectivity index (χ0) is 28.3. The number of hydrogen-bond donors (Lipinski definition) is 1. The molecule has 0 saturated heterocycles. The minimum absolute atomic E-state index is 0.0169. The van der Waals surface area contributed by atoms with E-state index in [0.29, 0.717) is 5.56 Å². The van der Waals surface area contributed by atoms with E-state index in [2.05, 4.69) is 29.2 Å². The summed E-state index contributed by atoms with van der Waals surface area (Å²) in [7, 11) is 0. The maximum Gasteiger partial charge on any atom is 0.282 e. The third-order valence-electron chi connectivity index (χ3n) is 5.96. The molecule has 12 heteroatoms. The van der Waals surface area contributed by atoms with Crippen molar-refractivity contribution in [3.63, 3.8) is 0 Å². The molecule has 0 fully saturated rings. The number of amidine groups is 1. The molecule has 0 atom stereocenters. The lowest BCUT2D eigenvalue weighted by atomic mass is 10.1. The van der Waals surface area contributed by atoms with Gasteiger partial charge in [-0.2, -0.15) is 5.01 Å². The van der Waals surface area contributed by atoms with Crippen LogP contribution in [0.15, 0.2) is 71.3 Å². The van der Waals surface area contributed by atoms with Crippen molar-refractivity contribution in [2.75, 3.05) is 23.0 Å². The number of nitro groups is 1. The van der Waals surface area contributed by atoms with E-state index in [-0.39, 0.29) is 43.4 Å². The maximum absolute atomic E-state index is 13.6. The molecule has 0 aromatic heterocycles. The Balaban J connectivity index is 1.75. The van der Waals surface area contributed by atoms with Crippen LogP contribution in [0, 0.1) is 10.1 Å². The number of halogens is 3. The number of non-ortho nitro benzene ring substituents is 1. The Hall–Kier alpha value is -3.92. The van der Waals surface area contributed by atoms with E-state index in [1.54, 1.807) is 6.08 Å². The van der Waals surface area contributed by atoms with Crippen molar-refractivity contribution in [2.24, 2.45) is 5.10 Å². The lowest BCUT2D eigenvalue weighted by Gasteiger charge is -2.20. The molecule has 0 saturated carbocycles. The van der Waals surface area contributed by atoms with Gasteiger partial charge in [0.2, 0.25) is 0 Å². The van der Waals surface area contributed by atoms with Crippen LogP contribution >= 0.6 is 34.8 Å². The summed E-state index contributed by atoms with van der Waals surface area (Å²) in [4.78, 5) is 39.4. The van der Waals surface area contributed by atoms with Crippen LogP contribution in [-0.2, 0) is 4.79 Å². The zero-order valence-corrected chi connectivity index (χ0v) is 23.1. The Morgan fingerprint density at radius 2 is 1.69 bits per heavy atom. The second kappa shape index (κ2) is 11.9. The molecule has 0 unspecified atom stereocenters. The van der Waals surface area contributed by atoms with Gasteiger partial charge in [-0.1, -0.05) is 53.0 Å². The monoisotopic (exact) mass is 585 g/mol. The summed E-state index contributed by atoms with van der Waals surface area (Å²) in [6.45, 7) is 5.80. The van der Waals surface area contributed by atoms with Gasteiger partial charge in [0.1, 0.15) is 5.69 Å². The number of carbonyl (C=O) groups excluding carboxylic acids is 2. The van der Waals surface area contributed by atoms with Crippen LogP contribution in [-0.4, -0.2) is 35.7 Å². The number of nitrogens with one attached hydrogen (secondary N) is 1. The highest BCUT2D eigenvalue weighted by molar-refractivity contribution is 6.44. The quantitative estimate of drug-likeness (QED) is 0.191. The molecule has 39 heavy (non-hydrogen) atoms. The molecule has 3 aromatic carbocycles. The summed E-state index contributed by atoms with van der Waals surface area (Å²) in [5.41, 5.74) is 1.62. The fraction of sp³-hybridized carbons (Fsp3) is 0.148. The Labute approximate surface area is 239 Å². The molecule has 0 spiro atoms. The van der Waals surface area contributed by atoms with Gasteiger partial charge in [-0.05, 0) is 55.8 Å². The highest BCUT2D eigenvalue weighted by Gasteiger charge is 2.35. The summed E-state index contributed by atoms with van der Waals surface area (Å²) in [5.74, 6) is -1.36. The van der Waals surface area contributed by atoms with E-state index in [0.717, 1.165) is 29.9 Å². The fourth-order valence-corrected chi connectivity index (χ4v) is 4.98. The molecule has 1 N–H and O–H groups in total. The first-order valence-electron chi connectivity index (χ1n) is 11.8. The lowest BCUT2D eigenvalue weighted by Crippen LogP contribution is -2.31. The van der Waals surface area contributed by atoms with Crippen molar-refractivity contribution >= 4 is 75.6 Å². The predicted molar refractivity (Wildman–Crippen MR) is 155 cm³/mol. The van der Waals surface area contributed by atoms with Gasteiger partial charge in [-0.15, -0.1) is 5.10 Å². The first kappa shape index (κ1) is 28.1. The van der Waals surface area contributed by atoms with Crippen molar-refractivity contribution in [1.82, 2.24) is 5.32 Å². The lowest BCUT2D eigenvalue weighted by molar-refractivity contribution is -0.384. The maximum atomic E-state index is 13.6. The first-order chi connectivity index (χ1) is 18.6. The number of rotatable bonds is 7. The van der Waals surface area contributed by atoms with Gasteiger partial charge in [0.15, 0.2) is 5.84 Å². The standard InChI is InChI=1S/C27H22Cl3N5O4/c1-3-33(4-2)19-10-8-16(9-11-19)12-21-25(31-26(36)17-6-5-7-20(13-17)35(38)39)32-34(27(21)37)24-22(29)14-18(28)15-23(24)30/h5-15H,3-4H2,1-2H3,(H,31,32,36). The number of carbonyl (C=O) groups is 2. The molecule has 4 rings (SSSR count). The number of benzene rings is 3. The average Bonchev–Trinajstić information content (AvgIpc) is 3.19. The number of hydrogen-bond acceptors (Lipinski definition) is 6. The van der Waals surface area contributed by atoms with Crippen molar-refractivity contribution in [3.05, 3.63) is 103 Å². The molecule has 1 aliphatic heterocycles. The van der Waals surface area contributed by atoms with E-state index in [9.17, 15) is 19.7 Å². The van der Waals surface area contributed by atoms with Crippen LogP contribution in [0.3, 0.4) is 0 Å². The Bertz CT molecular complexity index is 1500. The van der Waals surface area contributed by atoms with Crippen LogP contribution in [0.1, 0.15) is 29.8 Å². The van der Waals surface area contributed by atoms with Gasteiger partial charge >= 0.3 is 0 Å². The van der Waals surface area contributed by atoms with Gasteiger partial charge in [-0.25, -0.2) is 0 Å². The van der Waals surface area contributed by atoms with E-state index in [1.165, 1.54) is 30.3 Å². The second-order valence-electron chi connectivity index (χ2n) is 8.37. The number of anilines is 2. The smallest absolute Gasteiger partial charge is 0.282 e. The van der Waals surface area contributed by atoms with Gasteiger partial charge in [0.05, 0.1) is 20.5 Å². The Morgan fingerprint density at radius 1 is 1.05 bits per heavy atom.